The molecule has 0 atom stereocenters. The van der Waals surface area contributed by atoms with Crippen molar-refractivity contribution in [2.24, 2.45) is 0 Å². The second-order valence-corrected chi connectivity index (χ2v) is 15.7. The number of aryl methyl sites for hydroxylation is 1. The van der Waals surface area contributed by atoms with Crippen LogP contribution < -0.4 is 0 Å². The Morgan fingerprint density at radius 3 is 1.98 bits per heavy atom. The van der Waals surface area contributed by atoms with Crippen LogP contribution in [0.1, 0.15) is 23.6 Å². The molecule has 0 radical (unpaired) electrons. The Morgan fingerprint density at radius 1 is 0.421 bits per heavy atom. The van der Waals surface area contributed by atoms with E-state index in [-0.39, 0.29) is 0 Å². The Kier molecular flexibility index (Phi) is 7.16. The first kappa shape index (κ1) is 32.1. The Labute approximate surface area is 331 Å². The average molecular weight is 750 g/mol. The SMILES string of the molecule is C1=C(c2nc(-c3ccc(-c4ccccc4)cc3)nc(-c3cccc4oc5c(-c6cccc7sc8ccccc8c67)cccc5c34)n2)CCc2oc3ccccc3c21. The van der Waals surface area contributed by atoms with Crippen molar-refractivity contribution in [3.05, 3.63) is 175 Å². The van der Waals surface area contributed by atoms with Crippen LogP contribution >= 0.6 is 11.3 Å². The standard InChI is InChI=1S/C51H31N3O2S/c1-2-11-30(12-3-1)31-23-25-32(26-24-31)49-52-50(33-27-28-42-40(29-33)34-13-4-6-19-41(34)55-42)54-51(53-49)39-18-9-20-43-46(39)38-17-8-16-36(48(38)56-43)35-15-10-22-45-47(35)37-14-5-7-21-44(37)57-45/h1-26,29H,27-28H2. The number of fused-ring (bicyclic) bond motifs is 9. The lowest BCUT2D eigenvalue weighted by molar-refractivity contribution is 0.547. The first-order valence-electron chi connectivity index (χ1n) is 19.2. The van der Waals surface area contributed by atoms with Gasteiger partial charge in [0.05, 0.1) is 0 Å². The first-order valence-corrected chi connectivity index (χ1v) is 20.0. The van der Waals surface area contributed by atoms with Crippen LogP contribution in [0.25, 0.3) is 110 Å². The van der Waals surface area contributed by atoms with Crippen molar-refractivity contribution in [2.45, 2.75) is 12.8 Å². The third-order valence-electron chi connectivity index (χ3n) is 11.3. The lowest BCUT2D eigenvalue weighted by atomic mass is 9.95. The van der Waals surface area contributed by atoms with Crippen LogP contribution in [0.15, 0.2) is 167 Å². The van der Waals surface area contributed by atoms with Gasteiger partial charge in [-0.1, -0.05) is 133 Å². The van der Waals surface area contributed by atoms with Gasteiger partial charge in [0, 0.05) is 65.0 Å². The van der Waals surface area contributed by atoms with E-state index in [0.717, 1.165) is 96.0 Å². The predicted octanol–water partition coefficient (Wildman–Crippen LogP) is 14.0. The summed E-state index contributed by atoms with van der Waals surface area (Å²) in [5.41, 5.74) is 11.1. The van der Waals surface area contributed by atoms with Gasteiger partial charge in [-0.3, -0.25) is 0 Å². The molecule has 0 bridgehead atoms. The van der Waals surface area contributed by atoms with Gasteiger partial charge >= 0.3 is 0 Å². The molecule has 4 aromatic heterocycles. The second-order valence-electron chi connectivity index (χ2n) is 14.6. The van der Waals surface area contributed by atoms with Crippen LogP contribution in [-0.2, 0) is 6.42 Å². The summed E-state index contributed by atoms with van der Waals surface area (Å²) in [7, 11) is 0. The Balaban J connectivity index is 1.06. The van der Waals surface area contributed by atoms with E-state index in [4.69, 9.17) is 23.8 Å². The number of rotatable bonds is 5. The van der Waals surface area contributed by atoms with Crippen molar-refractivity contribution in [3.63, 3.8) is 0 Å². The summed E-state index contributed by atoms with van der Waals surface area (Å²) in [6.07, 6.45) is 3.74. The number of hydrogen-bond acceptors (Lipinski definition) is 6. The number of nitrogens with zero attached hydrogens (tertiary/aromatic N) is 3. The van der Waals surface area contributed by atoms with E-state index >= 15 is 0 Å². The smallest absolute Gasteiger partial charge is 0.164 e. The molecule has 0 spiro atoms. The van der Waals surface area contributed by atoms with Gasteiger partial charge < -0.3 is 8.83 Å². The molecule has 57 heavy (non-hydrogen) atoms. The number of aromatic nitrogens is 3. The van der Waals surface area contributed by atoms with Gasteiger partial charge in [-0.2, -0.15) is 0 Å². The number of furan rings is 2. The fraction of sp³-hybridized carbons (Fsp3) is 0.0392. The van der Waals surface area contributed by atoms with E-state index in [0.29, 0.717) is 17.5 Å². The Bertz CT molecular complexity index is 3410. The zero-order valence-electron chi connectivity index (χ0n) is 30.6. The van der Waals surface area contributed by atoms with Crippen LogP contribution in [0.5, 0.6) is 0 Å². The quantitative estimate of drug-likeness (QED) is 0.175. The van der Waals surface area contributed by atoms with E-state index < -0.39 is 0 Å². The van der Waals surface area contributed by atoms with E-state index in [2.05, 4.69) is 133 Å². The molecule has 0 unspecified atom stereocenters. The van der Waals surface area contributed by atoms with Crippen molar-refractivity contribution in [1.82, 2.24) is 15.0 Å². The van der Waals surface area contributed by atoms with Gasteiger partial charge in [-0.05, 0) is 59.0 Å². The highest BCUT2D eigenvalue weighted by Gasteiger charge is 2.24. The maximum atomic E-state index is 6.84. The summed E-state index contributed by atoms with van der Waals surface area (Å²) in [6, 6.07) is 55.0. The topological polar surface area (TPSA) is 65.0 Å². The lowest BCUT2D eigenvalue weighted by Gasteiger charge is -2.14. The molecular formula is C51H31N3O2S. The summed E-state index contributed by atoms with van der Waals surface area (Å²) in [6.45, 7) is 0. The lowest BCUT2D eigenvalue weighted by Crippen LogP contribution is -2.05. The predicted molar refractivity (Wildman–Crippen MR) is 234 cm³/mol. The molecular weight excluding hydrogens is 719 g/mol. The monoisotopic (exact) mass is 749 g/mol. The largest absolute Gasteiger partial charge is 0.460 e. The molecule has 0 fully saturated rings. The molecule has 268 valence electrons. The fourth-order valence-electron chi connectivity index (χ4n) is 8.59. The Morgan fingerprint density at radius 2 is 1.07 bits per heavy atom. The first-order chi connectivity index (χ1) is 28.2. The van der Waals surface area contributed by atoms with E-state index in [1.165, 1.54) is 20.2 Å². The normalized spacial score (nSPS) is 12.9. The molecule has 0 N–H and O–H groups in total. The summed E-state index contributed by atoms with van der Waals surface area (Å²) in [5, 5.41) is 5.63. The van der Waals surface area contributed by atoms with Gasteiger partial charge in [0.25, 0.3) is 0 Å². The number of allylic oxidation sites excluding steroid dienone is 1. The van der Waals surface area contributed by atoms with Crippen LogP contribution in [0.2, 0.25) is 0 Å². The van der Waals surface area contributed by atoms with Crippen LogP contribution in [0, 0.1) is 0 Å². The summed E-state index contributed by atoms with van der Waals surface area (Å²) in [5.74, 6) is 2.90. The minimum atomic E-state index is 0.607. The molecule has 0 saturated carbocycles. The summed E-state index contributed by atoms with van der Waals surface area (Å²) >= 11 is 1.83. The second kappa shape index (κ2) is 12.7. The molecule has 1 aliphatic rings. The minimum Gasteiger partial charge on any atom is -0.460 e. The van der Waals surface area contributed by atoms with Crippen LogP contribution in [-0.4, -0.2) is 15.0 Å². The van der Waals surface area contributed by atoms with Gasteiger partial charge in [0.15, 0.2) is 17.5 Å². The van der Waals surface area contributed by atoms with Crippen molar-refractivity contribution in [3.8, 4) is 45.0 Å². The minimum absolute atomic E-state index is 0.607. The number of benzene rings is 7. The van der Waals surface area contributed by atoms with Gasteiger partial charge in [-0.25, -0.2) is 15.0 Å². The van der Waals surface area contributed by atoms with E-state index in [1.807, 2.05) is 41.7 Å². The molecule has 12 rings (SSSR count). The highest BCUT2D eigenvalue weighted by Crippen LogP contribution is 2.45. The highest BCUT2D eigenvalue weighted by molar-refractivity contribution is 7.25. The summed E-state index contributed by atoms with van der Waals surface area (Å²) in [4.78, 5) is 15.7. The molecule has 4 heterocycles. The number of hydrogen-bond donors (Lipinski definition) is 0. The molecule has 0 aliphatic heterocycles. The van der Waals surface area contributed by atoms with E-state index in [1.54, 1.807) is 0 Å². The number of thiophene rings is 1. The van der Waals surface area contributed by atoms with E-state index in [9.17, 15) is 0 Å². The van der Waals surface area contributed by atoms with Gasteiger partial charge in [0.1, 0.15) is 22.5 Å². The highest BCUT2D eigenvalue weighted by atomic mass is 32.1. The maximum Gasteiger partial charge on any atom is 0.164 e. The third-order valence-corrected chi connectivity index (χ3v) is 12.4. The fourth-order valence-corrected chi connectivity index (χ4v) is 9.72. The van der Waals surface area contributed by atoms with Crippen molar-refractivity contribution < 1.29 is 8.83 Å². The number of para-hydroxylation sites is 2. The molecule has 6 heteroatoms. The summed E-state index contributed by atoms with van der Waals surface area (Å²) < 4.78 is 15.6. The van der Waals surface area contributed by atoms with Crippen molar-refractivity contribution in [1.29, 1.82) is 0 Å². The van der Waals surface area contributed by atoms with Crippen LogP contribution in [0.3, 0.4) is 0 Å². The molecule has 0 amide bonds. The van der Waals surface area contributed by atoms with Crippen molar-refractivity contribution >= 4 is 76.1 Å². The molecule has 7 aromatic carbocycles. The third kappa shape index (κ3) is 5.18. The van der Waals surface area contributed by atoms with Crippen LogP contribution in [0.4, 0.5) is 0 Å². The average Bonchev–Trinajstić information content (AvgIpc) is 3.98. The zero-order chi connectivity index (χ0) is 37.5. The van der Waals surface area contributed by atoms with Gasteiger partial charge in [-0.15, -0.1) is 11.3 Å². The van der Waals surface area contributed by atoms with Crippen molar-refractivity contribution in [2.75, 3.05) is 0 Å². The zero-order valence-corrected chi connectivity index (χ0v) is 31.4. The maximum absolute atomic E-state index is 6.84. The molecule has 1 aliphatic carbocycles. The Hall–Kier alpha value is -7.15. The molecule has 5 nitrogen and oxygen atoms in total. The molecule has 0 saturated heterocycles. The molecule has 11 aromatic rings. The van der Waals surface area contributed by atoms with Gasteiger partial charge in [0.2, 0.25) is 0 Å².